The molecule has 21 heavy (non-hydrogen) atoms. The van der Waals surface area contributed by atoms with E-state index in [1.807, 2.05) is 6.20 Å². The van der Waals surface area contributed by atoms with E-state index in [4.69, 9.17) is 0 Å². The van der Waals surface area contributed by atoms with Crippen molar-refractivity contribution >= 4 is 0 Å². The molecule has 2 heterocycles. The molecule has 0 spiro atoms. The predicted octanol–water partition coefficient (Wildman–Crippen LogP) is 3.36. The third kappa shape index (κ3) is 3.10. The van der Waals surface area contributed by atoms with E-state index in [1.54, 1.807) is 10.9 Å². The average molecular weight is 295 g/mol. The van der Waals surface area contributed by atoms with Crippen molar-refractivity contribution in [3.63, 3.8) is 0 Å². The maximum atomic E-state index is 12.5. The van der Waals surface area contributed by atoms with Gasteiger partial charge in [0.1, 0.15) is 0 Å². The van der Waals surface area contributed by atoms with Crippen molar-refractivity contribution < 1.29 is 13.2 Å². The van der Waals surface area contributed by atoms with Crippen molar-refractivity contribution in [1.29, 1.82) is 0 Å². The molecule has 0 bridgehead atoms. The molecular weight excluding hydrogens is 279 g/mol. The summed E-state index contributed by atoms with van der Waals surface area (Å²) in [7, 11) is 0. The minimum Gasteiger partial charge on any atom is -0.316 e. The molecule has 1 fully saturated rings. The maximum absolute atomic E-state index is 12.5. The van der Waals surface area contributed by atoms with E-state index in [1.165, 1.54) is 12.1 Å². The summed E-state index contributed by atoms with van der Waals surface area (Å²) in [5, 5.41) is 7.61. The lowest BCUT2D eigenvalue weighted by molar-refractivity contribution is -0.137. The molecule has 1 N–H and O–H groups in total. The third-order valence-electron chi connectivity index (χ3n) is 3.83. The lowest BCUT2D eigenvalue weighted by atomic mass is 9.94. The Kier molecular flexibility index (Phi) is 3.71. The number of alkyl halides is 3. The van der Waals surface area contributed by atoms with Crippen LogP contribution in [-0.4, -0.2) is 22.9 Å². The first-order chi connectivity index (χ1) is 10.0. The Labute approximate surface area is 120 Å². The summed E-state index contributed by atoms with van der Waals surface area (Å²) < 4.78 is 39.2. The Balaban J connectivity index is 1.79. The van der Waals surface area contributed by atoms with Crippen LogP contribution in [0, 0.1) is 0 Å². The molecule has 2 aromatic rings. The van der Waals surface area contributed by atoms with Gasteiger partial charge in [-0.2, -0.15) is 18.3 Å². The second-order valence-electron chi connectivity index (χ2n) is 5.31. The van der Waals surface area contributed by atoms with E-state index < -0.39 is 11.7 Å². The summed E-state index contributed by atoms with van der Waals surface area (Å²) in [6, 6.07) is 5.05. The molecule has 1 aromatic heterocycles. The molecule has 3 rings (SSSR count). The molecule has 0 aliphatic carbocycles. The molecule has 1 unspecified atom stereocenters. The molecular formula is C15H16F3N3. The average Bonchev–Trinajstić information content (AvgIpc) is 2.97. The van der Waals surface area contributed by atoms with Gasteiger partial charge in [-0.25, -0.2) is 4.68 Å². The van der Waals surface area contributed by atoms with E-state index >= 15 is 0 Å². The van der Waals surface area contributed by atoms with Gasteiger partial charge in [-0.3, -0.25) is 0 Å². The van der Waals surface area contributed by atoms with Crippen LogP contribution >= 0.6 is 0 Å². The van der Waals surface area contributed by atoms with E-state index in [-0.39, 0.29) is 0 Å². The van der Waals surface area contributed by atoms with Gasteiger partial charge in [-0.1, -0.05) is 0 Å². The predicted molar refractivity (Wildman–Crippen MR) is 73.4 cm³/mol. The summed E-state index contributed by atoms with van der Waals surface area (Å²) in [5.41, 5.74) is 1.12. The van der Waals surface area contributed by atoms with Gasteiger partial charge in [0.15, 0.2) is 0 Å². The Morgan fingerprint density at radius 1 is 1.19 bits per heavy atom. The summed E-state index contributed by atoms with van der Waals surface area (Å²) >= 11 is 0. The fourth-order valence-corrected chi connectivity index (χ4v) is 2.63. The van der Waals surface area contributed by atoms with E-state index in [0.29, 0.717) is 11.6 Å². The zero-order valence-corrected chi connectivity index (χ0v) is 11.4. The highest BCUT2D eigenvalue weighted by Gasteiger charge is 2.30. The highest BCUT2D eigenvalue weighted by molar-refractivity contribution is 5.35. The van der Waals surface area contributed by atoms with E-state index in [2.05, 4.69) is 10.4 Å². The van der Waals surface area contributed by atoms with Gasteiger partial charge in [0.2, 0.25) is 0 Å². The van der Waals surface area contributed by atoms with Crippen LogP contribution < -0.4 is 5.32 Å². The summed E-state index contributed by atoms with van der Waals surface area (Å²) in [5.74, 6) is 0.432. The molecule has 112 valence electrons. The lowest BCUT2D eigenvalue weighted by Gasteiger charge is -2.21. The maximum Gasteiger partial charge on any atom is 0.416 e. The largest absolute Gasteiger partial charge is 0.416 e. The standard InChI is InChI=1S/C15H16F3N3/c16-15(17,18)13-3-5-14(6-4-13)21-10-12(9-20-21)11-2-1-7-19-8-11/h3-6,9-11,19H,1-2,7-8H2. The quantitative estimate of drug-likeness (QED) is 0.920. The molecule has 1 atom stereocenters. The minimum atomic E-state index is -4.30. The molecule has 3 nitrogen and oxygen atoms in total. The van der Waals surface area contributed by atoms with E-state index in [0.717, 1.165) is 43.6 Å². The Bertz CT molecular complexity index is 595. The third-order valence-corrected chi connectivity index (χ3v) is 3.83. The number of benzene rings is 1. The van der Waals surface area contributed by atoms with Crippen molar-refractivity contribution in [3.05, 3.63) is 47.8 Å². The Morgan fingerprint density at radius 2 is 1.95 bits per heavy atom. The van der Waals surface area contributed by atoms with Gasteiger partial charge in [0, 0.05) is 12.7 Å². The highest BCUT2D eigenvalue weighted by atomic mass is 19.4. The molecule has 6 heteroatoms. The summed E-state index contributed by atoms with van der Waals surface area (Å²) in [6.45, 7) is 1.97. The Hall–Kier alpha value is -1.82. The zero-order valence-electron chi connectivity index (χ0n) is 11.4. The van der Waals surface area contributed by atoms with Crippen LogP contribution in [0.4, 0.5) is 13.2 Å². The van der Waals surface area contributed by atoms with Crippen molar-refractivity contribution in [1.82, 2.24) is 15.1 Å². The van der Waals surface area contributed by atoms with E-state index in [9.17, 15) is 13.2 Å². The van der Waals surface area contributed by atoms with Crippen molar-refractivity contribution in [2.75, 3.05) is 13.1 Å². The van der Waals surface area contributed by atoms with Crippen LogP contribution in [0.1, 0.15) is 29.9 Å². The molecule has 1 aliphatic rings. The second-order valence-corrected chi connectivity index (χ2v) is 5.31. The molecule has 0 saturated carbocycles. The number of piperidine rings is 1. The second kappa shape index (κ2) is 5.52. The summed E-state index contributed by atoms with van der Waals surface area (Å²) in [4.78, 5) is 0. The number of rotatable bonds is 2. The highest BCUT2D eigenvalue weighted by Crippen LogP contribution is 2.30. The van der Waals surface area contributed by atoms with Crippen LogP contribution in [0.25, 0.3) is 5.69 Å². The van der Waals surface area contributed by atoms with Crippen molar-refractivity contribution in [2.24, 2.45) is 0 Å². The van der Waals surface area contributed by atoms with Gasteiger partial charge in [-0.15, -0.1) is 0 Å². The topological polar surface area (TPSA) is 29.9 Å². The minimum absolute atomic E-state index is 0.432. The lowest BCUT2D eigenvalue weighted by Crippen LogP contribution is -2.28. The normalized spacial score (nSPS) is 19.7. The molecule has 0 amide bonds. The summed E-state index contributed by atoms with van der Waals surface area (Å²) in [6.07, 6.45) is 1.65. The first-order valence-corrected chi connectivity index (χ1v) is 6.97. The van der Waals surface area contributed by atoms with Gasteiger partial charge in [0.05, 0.1) is 17.4 Å². The SMILES string of the molecule is FC(F)(F)c1ccc(-n2cc(C3CCCNC3)cn2)cc1. The first-order valence-electron chi connectivity index (χ1n) is 6.97. The van der Waals surface area contributed by atoms with Crippen LogP contribution in [0.3, 0.4) is 0 Å². The van der Waals surface area contributed by atoms with Crippen LogP contribution in [0.15, 0.2) is 36.7 Å². The molecule has 1 aliphatic heterocycles. The fourth-order valence-electron chi connectivity index (χ4n) is 2.63. The number of nitrogens with one attached hydrogen (secondary N) is 1. The molecule has 1 saturated heterocycles. The molecule has 0 radical (unpaired) electrons. The fraction of sp³-hybridized carbons (Fsp3) is 0.400. The Morgan fingerprint density at radius 3 is 2.57 bits per heavy atom. The van der Waals surface area contributed by atoms with Crippen LogP contribution in [-0.2, 0) is 6.18 Å². The smallest absolute Gasteiger partial charge is 0.316 e. The van der Waals surface area contributed by atoms with Gasteiger partial charge in [0.25, 0.3) is 0 Å². The van der Waals surface area contributed by atoms with Crippen LogP contribution in [0.2, 0.25) is 0 Å². The van der Waals surface area contributed by atoms with Crippen molar-refractivity contribution in [3.8, 4) is 5.69 Å². The van der Waals surface area contributed by atoms with Gasteiger partial charge in [-0.05, 0) is 55.1 Å². The number of halogens is 3. The van der Waals surface area contributed by atoms with Crippen LogP contribution in [0.5, 0.6) is 0 Å². The monoisotopic (exact) mass is 295 g/mol. The number of nitrogens with zero attached hydrogens (tertiary/aromatic N) is 2. The first kappa shape index (κ1) is 14.1. The number of hydrogen-bond acceptors (Lipinski definition) is 2. The molecule has 1 aromatic carbocycles. The van der Waals surface area contributed by atoms with Crippen molar-refractivity contribution in [2.45, 2.75) is 24.9 Å². The van der Waals surface area contributed by atoms with Gasteiger partial charge < -0.3 is 5.32 Å². The number of aromatic nitrogens is 2. The number of hydrogen-bond donors (Lipinski definition) is 1. The van der Waals surface area contributed by atoms with Gasteiger partial charge >= 0.3 is 6.18 Å². The zero-order chi connectivity index (χ0) is 14.9.